The zero-order chi connectivity index (χ0) is 10.8. The van der Waals surface area contributed by atoms with Gasteiger partial charge in [0.25, 0.3) is 0 Å². The van der Waals surface area contributed by atoms with Crippen molar-refractivity contribution in [2.24, 2.45) is 0 Å². The zero-order valence-corrected chi connectivity index (χ0v) is 8.34. The minimum atomic E-state index is -0.976. The number of benzene rings is 1. The van der Waals surface area contributed by atoms with Gasteiger partial charge in [0, 0.05) is 17.1 Å². The first-order chi connectivity index (χ1) is 7.20. The molecular formula is C12H11NO2. The zero-order valence-electron chi connectivity index (χ0n) is 8.34. The fourth-order valence-corrected chi connectivity index (χ4v) is 1.54. The fourth-order valence-electron chi connectivity index (χ4n) is 1.54. The normalized spacial score (nSPS) is 12.7. The van der Waals surface area contributed by atoms with Crippen LogP contribution in [0.2, 0.25) is 0 Å². The summed E-state index contributed by atoms with van der Waals surface area (Å²) in [4.78, 5) is 15.8. The minimum Gasteiger partial charge on any atom is -0.385 e. The van der Waals surface area contributed by atoms with Gasteiger partial charge in [-0.2, -0.15) is 0 Å². The number of rotatable bonds is 2. The summed E-state index contributed by atoms with van der Waals surface area (Å²) in [5, 5.41) is 10.0. The Bertz CT molecular complexity index is 500. The Hall–Kier alpha value is -1.74. The van der Waals surface area contributed by atoms with Crippen LogP contribution in [0.1, 0.15) is 17.3 Å². The van der Waals surface area contributed by atoms with Gasteiger partial charge in [0.05, 0.1) is 5.52 Å². The van der Waals surface area contributed by atoms with Crippen LogP contribution in [-0.4, -0.2) is 22.0 Å². The molecule has 0 aliphatic rings. The van der Waals surface area contributed by atoms with Gasteiger partial charge in [0.1, 0.15) is 6.10 Å². The van der Waals surface area contributed by atoms with Crippen molar-refractivity contribution in [3.05, 3.63) is 42.1 Å². The molecule has 0 saturated heterocycles. The average molecular weight is 201 g/mol. The maximum Gasteiger partial charge on any atom is 0.191 e. The summed E-state index contributed by atoms with van der Waals surface area (Å²) in [5.74, 6) is -0.270. The first kappa shape index (κ1) is 9.80. The number of carbonyl (C=O) groups excluding carboxylic acids is 1. The maximum absolute atomic E-state index is 11.7. The molecule has 2 aromatic rings. The quantitative estimate of drug-likeness (QED) is 0.754. The number of pyridine rings is 1. The van der Waals surface area contributed by atoms with E-state index in [2.05, 4.69) is 4.98 Å². The lowest BCUT2D eigenvalue weighted by atomic mass is 10.0. The van der Waals surface area contributed by atoms with Crippen molar-refractivity contribution in [3.8, 4) is 0 Å². The topological polar surface area (TPSA) is 50.2 Å². The second-order valence-electron chi connectivity index (χ2n) is 3.42. The number of Topliss-reactive ketones (excluding diaryl/α,β-unsaturated/α-hetero) is 1. The van der Waals surface area contributed by atoms with E-state index < -0.39 is 6.10 Å². The van der Waals surface area contributed by atoms with Crippen LogP contribution in [0.5, 0.6) is 0 Å². The number of aliphatic hydroxyl groups is 1. The van der Waals surface area contributed by atoms with Crippen molar-refractivity contribution in [3.63, 3.8) is 0 Å². The number of carbonyl (C=O) groups is 1. The van der Waals surface area contributed by atoms with Crippen molar-refractivity contribution >= 4 is 16.7 Å². The summed E-state index contributed by atoms with van der Waals surface area (Å²) < 4.78 is 0. The van der Waals surface area contributed by atoms with Crippen molar-refractivity contribution in [1.29, 1.82) is 0 Å². The van der Waals surface area contributed by atoms with Gasteiger partial charge >= 0.3 is 0 Å². The Kier molecular flexibility index (Phi) is 2.47. The van der Waals surface area contributed by atoms with Crippen molar-refractivity contribution in [1.82, 2.24) is 4.98 Å². The van der Waals surface area contributed by atoms with Crippen LogP contribution < -0.4 is 0 Å². The molecular weight excluding hydrogens is 190 g/mol. The summed E-state index contributed by atoms with van der Waals surface area (Å²) >= 11 is 0. The first-order valence-corrected chi connectivity index (χ1v) is 4.76. The second-order valence-corrected chi connectivity index (χ2v) is 3.42. The molecule has 3 heteroatoms. The van der Waals surface area contributed by atoms with Gasteiger partial charge in [0.2, 0.25) is 0 Å². The number of ketones is 1. The van der Waals surface area contributed by atoms with Crippen LogP contribution in [0.3, 0.4) is 0 Å². The molecule has 0 aliphatic carbocycles. The van der Waals surface area contributed by atoms with Crippen molar-refractivity contribution in [2.75, 3.05) is 0 Å². The molecule has 0 radical (unpaired) electrons. The Morgan fingerprint density at radius 3 is 2.87 bits per heavy atom. The molecule has 0 fully saturated rings. The van der Waals surface area contributed by atoms with E-state index in [-0.39, 0.29) is 5.78 Å². The predicted molar refractivity (Wildman–Crippen MR) is 57.8 cm³/mol. The van der Waals surface area contributed by atoms with Gasteiger partial charge in [-0.05, 0) is 19.1 Å². The highest BCUT2D eigenvalue weighted by Crippen LogP contribution is 2.17. The number of aromatic nitrogens is 1. The minimum absolute atomic E-state index is 0.270. The van der Waals surface area contributed by atoms with E-state index in [9.17, 15) is 9.90 Å². The molecule has 1 unspecified atom stereocenters. The summed E-state index contributed by atoms with van der Waals surface area (Å²) in [6.45, 7) is 1.47. The molecule has 76 valence electrons. The van der Waals surface area contributed by atoms with E-state index in [4.69, 9.17) is 0 Å². The summed E-state index contributed by atoms with van der Waals surface area (Å²) in [5.41, 5.74) is 1.29. The Morgan fingerprint density at radius 1 is 1.33 bits per heavy atom. The van der Waals surface area contributed by atoms with Crippen LogP contribution in [-0.2, 0) is 0 Å². The van der Waals surface area contributed by atoms with Gasteiger partial charge in [-0.15, -0.1) is 0 Å². The van der Waals surface area contributed by atoms with Gasteiger partial charge < -0.3 is 5.11 Å². The summed E-state index contributed by atoms with van der Waals surface area (Å²) in [6.07, 6.45) is 0.703. The number of nitrogens with zero attached hydrogens (tertiary/aromatic N) is 1. The van der Waals surface area contributed by atoms with E-state index in [0.29, 0.717) is 5.56 Å². The standard InChI is InChI=1S/C12H11NO2/c1-8(14)12(15)10-4-2-6-11-9(10)5-3-7-13-11/h2-8,14H,1H3. The summed E-state index contributed by atoms with van der Waals surface area (Å²) in [6, 6.07) is 8.93. The van der Waals surface area contributed by atoms with E-state index in [1.165, 1.54) is 6.92 Å². The van der Waals surface area contributed by atoms with E-state index in [1.54, 1.807) is 24.4 Å². The number of aliphatic hydroxyl groups excluding tert-OH is 1. The van der Waals surface area contributed by atoms with Gasteiger partial charge in [0.15, 0.2) is 5.78 Å². The Labute approximate surface area is 87.4 Å². The SMILES string of the molecule is CC(O)C(=O)c1cccc2ncccc12. The van der Waals surface area contributed by atoms with Gasteiger partial charge in [-0.3, -0.25) is 9.78 Å². The predicted octanol–water partition coefficient (Wildman–Crippen LogP) is 1.80. The molecule has 0 spiro atoms. The first-order valence-electron chi connectivity index (χ1n) is 4.76. The third-order valence-electron chi connectivity index (χ3n) is 2.29. The molecule has 1 N–H and O–H groups in total. The van der Waals surface area contributed by atoms with Crippen molar-refractivity contribution in [2.45, 2.75) is 13.0 Å². The molecule has 0 saturated carbocycles. The molecule has 0 amide bonds. The van der Waals surface area contributed by atoms with Crippen LogP contribution in [0, 0.1) is 0 Å². The molecule has 1 aromatic heterocycles. The lowest BCUT2D eigenvalue weighted by Crippen LogP contribution is -2.16. The Morgan fingerprint density at radius 2 is 2.13 bits per heavy atom. The van der Waals surface area contributed by atoms with Crippen LogP contribution in [0.25, 0.3) is 10.9 Å². The van der Waals surface area contributed by atoms with Crippen LogP contribution in [0.4, 0.5) is 0 Å². The second kappa shape index (κ2) is 3.79. The fraction of sp³-hybridized carbons (Fsp3) is 0.167. The van der Waals surface area contributed by atoms with E-state index in [0.717, 1.165) is 10.9 Å². The maximum atomic E-state index is 11.7. The molecule has 1 atom stereocenters. The van der Waals surface area contributed by atoms with E-state index in [1.807, 2.05) is 12.1 Å². The monoisotopic (exact) mass is 201 g/mol. The third kappa shape index (κ3) is 1.74. The average Bonchev–Trinajstić information content (AvgIpc) is 2.27. The highest BCUT2D eigenvalue weighted by Gasteiger charge is 2.14. The number of hydrogen-bond acceptors (Lipinski definition) is 3. The molecule has 0 aliphatic heterocycles. The van der Waals surface area contributed by atoms with Gasteiger partial charge in [-0.1, -0.05) is 18.2 Å². The van der Waals surface area contributed by atoms with Gasteiger partial charge in [-0.25, -0.2) is 0 Å². The molecule has 1 heterocycles. The molecule has 3 nitrogen and oxygen atoms in total. The van der Waals surface area contributed by atoms with Crippen LogP contribution in [0.15, 0.2) is 36.5 Å². The molecule has 1 aromatic carbocycles. The lowest BCUT2D eigenvalue weighted by molar-refractivity contribution is 0.0781. The largest absolute Gasteiger partial charge is 0.385 e. The summed E-state index contributed by atoms with van der Waals surface area (Å²) in [7, 11) is 0. The molecule has 2 rings (SSSR count). The molecule has 15 heavy (non-hydrogen) atoms. The van der Waals surface area contributed by atoms with E-state index >= 15 is 0 Å². The number of hydrogen-bond donors (Lipinski definition) is 1. The van der Waals surface area contributed by atoms with Crippen molar-refractivity contribution < 1.29 is 9.90 Å². The smallest absolute Gasteiger partial charge is 0.191 e. The number of fused-ring (bicyclic) bond motifs is 1. The lowest BCUT2D eigenvalue weighted by Gasteiger charge is -2.06. The van der Waals surface area contributed by atoms with Crippen LogP contribution >= 0.6 is 0 Å². The highest BCUT2D eigenvalue weighted by atomic mass is 16.3. The molecule has 0 bridgehead atoms. The third-order valence-corrected chi connectivity index (χ3v) is 2.29. The Balaban J connectivity index is 2.66. The highest BCUT2D eigenvalue weighted by molar-refractivity contribution is 6.09.